The number of nitrogens with zero attached hydrogens (tertiary/aromatic N) is 1. The molecule has 0 saturated heterocycles. The van der Waals surface area contributed by atoms with E-state index in [9.17, 15) is 18.0 Å². The lowest BCUT2D eigenvalue weighted by molar-refractivity contribution is -0.174. The van der Waals surface area contributed by atoms with Crippen LogP contribution in [-0.4, -0.2) is 30.3 Å². The minimum absolute atomic E-state index is 0.147. The predicted molar refractivity (Wildman–Crippen MR) is 66.8 cm³/mol. The number of aryl methyl sites for hydroxylation is 1. The van der Waals surface area contributed by atoms with Gasteiger partial charge in [0.05, 0.1) is 24.4 Å². The first-order chi connectivity index (χ1) is 8.78. The first-order valence-corrected chi connectivity index (χ1v) is 6.15. The maximum atomic E-state index is 11.8. The average molecular weight is 341 g/mol. The summed E-state index contributed by atoms with van der Waals surface area (Å²) >= 11 is 3.18. The first kappa shape index (κ1) is 15.9. The van der Waals surface area contributed by atoms with E-state index in [1.54, 1.807) is 19.1 Å². The molecular formula is C11H12BrF3N2O2. The molecule has 0 fully saturated rings. The Labute approximate surface area is 116 Å². The normalized spacial score (nSPS) is 11.4. The van der Waals surface area contributed by atoms with Gasteiger partial charge < -0.3 is 10.1 Å². The highest BCUT2D eigenvalue weighted by Gasteiger charge is 2.27. The van der Waals surface area contributed by atoms with Gasteiger partial charge in [0, 0.05) is 0 Å². The molecule has 1 aromatic rings. The van der Waals surface area contributed by atoms with Gasteiger partial charge in [-0.25, -0.2) is 4.98 Å². The Balaban J connectivity index is 2.35. The van der Waals surface area contributed by atoms with Crippen LogP contribution in [0.1, 0.15) is 12.1 Å². The van der Waals surface area contributed by atoms with Crippen LogP contribution in [0.5, 0.6) is 0 Å². The Hall–Kier alpha value is -1.15. The molecule has 4 nitrogen and oxygen atoms in total. The summed E-state index contributed by atoms with van der Waals surface area (Å²) < 4.78 is 40.3. The summed E-state index contributed by atoms with van der Waals surface area (Å²) in [5, 5.41) is 2.55. The Bertz CT molecular complexity index is 452. The molecule has 0 atom stereocenters. The van der Waals surface area contributed by atoms with Crippen molar-refractivity contribution in [3.63, 3.8) is 0 Å². The van der Waals surface area contributed by atoms with Gasteiger partial charge in [0.25, 0.3) is 0 Å². The third-order valence-electron chi connectivity index (χ3n) is 2.07. The molecule has 106 valence electrons. The number of ether oxygens (including phenoxy) is 1. The molecule has 0 aliphatic heterocycles. The third kappa shape index (κ3) is 6.53. The van der Waals surface area contributed by atoms with Crippen molar-refractivity contribution in [2.75, 3.05) is 18.5 Å². The second-order valence-electron chi connectivity index (χ2n) is 3.73. The second-order valence-corrected chi connectivity index (χ2v) is 4.55. The number of rotatable bonds is 5. The number of aromatic nitrogens is 1. The molecule has 0 aromatic carbocycles. The van der Waals surface area contributed by atoms with Gasteiger partial charge in [0.2, 0.25) is 5.91 Å². The van der Waals surface area contributed by atoms with E-state index in [4.69, 9.17) is 0 Å². The van der Waals surface area contributed by atoms with E-state index >= 15 is 0 Å². The maximum Gasteiger partial charge on any atom is 0.411 e. The number of anilines is 1. The van der Waals surface area contributed by atoms with E-state index in [0.29, 0.717) is 16.0 Å². The molecule has 1 N–H and O–H groups in total. The van der Waals surface area contributed by atoms with Crippen molar-refractivity contribution in [2.45, 2.75) is 19.5 Å². The van der Waals surface area contributed by atoms with Crippen LogP contribution >= 0.6 is 15.9 Å². The molecule has 0 saturated carbocycles. The van der Waals surface area contributed by atoms with Gasteiger partial charge in [-0.1, -0.05) is 0 Å². The molecule has 0 spiro atoms. The van der Waals surface area contributed by atoms with Crippen LogP contribution in [-0.2, 0) is 9.53 Å². The lowest BCUT2D eigenvalue weighted by Gasteiger charge is -2.09. The fraction of sp³-hybridized carbons (Fsp3) is 0.455. The van der Waals surface area contributed by atoms with Crippen LogP contribution in [0.2, 0.25) is 0 Å². The van der Waals surface area contributed by atoms with E-state index in [-0.39, 0.29) is 13.0 Å². The first-order valence-electron chi connectivity index (χ1n) is 5.35. The molecule has 0 bridgehead atoms. The maximum absolute atomic E-state index is 11.8. The number of halogens is 4. The zero-order valence-electron chi connectivity index (χ0n) is 10.1. The standard InChI is InChI=1S/C11H12BrF3N2O2/c1-7-8(2-3-9(12)16-7)17-10(18)4-5-19-6-11(13,14)15/h2-3H,4-6H2,1H3,(H,17,18). The summed E-state index contributed by atoms with van der Waals surface area (Å²) in [4.78, 5) is 15.5. The highest BCUT2D eigenvalue weighted by atomic mass is 79.9. The summed E-state index contributed by atoms with van der Waals surface area (Å²) in [6.45, 7) is 0.0774. The summed E-state index contributed by atoms with van der Waals surface area (Å²) in [5.41, 5.74) is 1.13. The van der Waals surface area contributed by atoms with Crippen LogP contribution in [0.15, 0.2) is 16.7 Å². The number of alkyl halides is 3. The molecule has 1 rings (SSSR count). The highest BCUT2D eigenvalue weighted by Crippen LogP contribution is 2.17. The summed E-state index contributed by atoms with van der Waals surface area (Å²) in [5.74, 6) is -0.422. The van der Waals surface area contributed by atoms with Gasteiger partial charge in [0.1, 0.15) is 11.2 Å². The summed E-state index contributed by atoms with van der Waals surface area (Å²) in [6.07, 6.45) is -4.52. The van der Waals surface area contributed by atoms with Gasteiger partial charge in [-0.3, -0.25) is 4.79 Å². The van der Waals surface area contributed by atoms with Crippen molar-refractivity contribution in [2.24, 2.45) is 0 Å². The monoisotopic (exact) mass is 340 g/mol. The van der Waals surface area contributed by atoms with E-state index in [1.165, 1.54) is 0 Å². The third-order valence-corrected chi connectivity index (χ3v) is 2.51. The van der Waals surface area contributed by atoms with Crippen molar-refractivity contribution in [3.05, 3.63) is 22.4 Å². The number of carbonyl (C=O) groups excluding carboxylic acids is 1. The fourth-order valence-corrected chi connectivity index (χ4v) is 1.63. The number of pyridine rings is 1. The Morgan fingerprint density at radius 3 is 2.74 bits per heavy atom. The van der Waals surface area contributed by atoms with Crippen LogP contribution < -0.4 is 5.32 Å². The molecule has 0 aliphatic rings. The molecular weight excluding hydrogens is 329 g/mol. The zero-order valence-corrected chi connectivity index (χ0v) is 11.6. The smallest absolute Gasteiger partial charge is 0.372 e. The molecule has 0 aliphatic carbocycles. The van der Waals surface area contributed by atoms with Crippen LogP contribution in [0.3, 0.4) is 0 Å². The molecule has 1 heterocycles. The zero-order chi connectivity index (χ0) is 14.5. The van der Waals surface area contributed by atoms with Gasteiger partial charge in [-0.05, 0) is 35.0 Å². The van der Waals surface area contributed by atoms with E-state index in [0.717, 1.165) is 0 Å². The van der Waals surface area contributed by atoms with E-state index < -0.39 is 18.7 Å². The van der Waals surface area contributed by atoms with Crippen LogP contribution in [0.4, 0.5) is 18.9 Å². The van der Waals surface area contributed by atoms with Crippen molar-refractivity contribution < 1.29 is 22.7 Å². The van der Waals surface area contributed by atoms with Crippen molar-refractivity contribution in [1.29, 1.82) is 0 Å². The lowest BCUT2D eigenvalue weighted by atomic mass is 10.3. The van der Waals surface area contributed by atoms with Gasteiger partial charge >= 0.3 is 6.18 Å². The molecule has 8 heteroatoms. The number of nitrogens with one attached hydrogen (secondary N) is 1. The minimum Gasteiger partial charge on any atom is -0.372 e. The largest absolute Gasteiger partial charge is 0.411 e. The number of hydrogen-bond acceptors (Lipinski definition) is 3. The molecule has 19 heavy (non-hydrogen) atoms. The average Bonchev–Trinajstić information content (AvgIpc) is 2.27. The summed E-state index contributed by atoms with van der Waals surface area (Å²) in [7, 11) is 0. The van der Waals surface area contributed by atoms with Gasteiger partial charge in [-0.15, -0.1) is 0 Å². The van der Waals surface area contributed by atoms with Gasteiger partial charge in [0.15, 0.2) is 0 Å². The molecule has 1 aromatic heterocycles. The SMILES string of the molecule is Cc1nc(Br)ccc1NC(=O)CCOCC(F)(F)F. The molecule has 0 radical (unpaired) electrons. The van der Waals surface area contributed by atoms with Crippen molar-refractivity contribution in [1.82, 2.24) is 4.98 Å². The van der Waals surface area contributed by atoms with E-state index in [2.05, 4.69) is 31.0 Å². The van der Waals surface area contributed by atoms with Gasteiger partial charge in [-0.2, -0.15) is 13.2 Å². The van der Waals surface area contributed by atoms with Crippen LogP contribution in [0.25, 0.3) is 0 Å². The Kier molecular flexibility index (Phi) is 5.74. The highest BCUT2D eigenvalue weighted by molar-refractivity contribution is 9.10. The second kappa shape index (κ2) is 6.85. The fourth-order valence-electron chi connectivity index (χ4n) is 1.23. The lowest BCUT2D eigenvalue weighted by Crippen LogP contribution is -2.20. The van der Waals surface area contributed by atoms with Crippen molar-refractivity contribution >= 4 is 27.5 Å². The topological polar surface area (TPSA) is 51.2 Å². The number of hydrogen-bond donors (Lipinski definition) is 1. The summed E-state index contributed by atoms with van der Waals surface area (Å²) in [6, 6.07) is 3.31. The Morgan fingerprint density at radius 2 is 2.16 bits per heavy atom. The quantitative estimate of drug-likeness (QED) is 0.662. The van der Waals surface area contributed by atoms with E-state index in [1.807, 2.05) is 0 Å². The van der Waals surface area contributed by atoms with Crippen molar-refractivity contribution in [3.8, 4) is 0 Å². The predicted octanol–water partition coefficient (Wildman–Crippen LogP) is 3.06. The number of carbonyl (C=O) groups is 1. The van der Waals surface area contributed by atoms with Crippen LogP contribution in [0, 0.1) is 6.92 Å². The molecule has 1 amide bonds. The molecule has 0 unspecified atom stereocenters. The minimum atomic E-state index is -4.37. The number of amides is 1. The Morgan fingerprint density at radius 1 is 1.47 bits per heavy atom.